The second-order valence-electron chi connectivity index (χ2n) is 11.7. The van der Waals surface area contributed by atoms with Crippen LogP contribution in [0.3, 0.4) is 0 Å². The number of aryl methyl sites for hydroxylation is 2. The van der Waals surface area contributed by atoms with Crippen molar-refractivity contribution in [3.8, 4) is 17.2 Å². The molecule has 5 rings (SSSR count). The van der Waals surface area contributed by atoms with Gasteiger partial charge in [-0.3, -0.25) is 4.79 Å². The van der Waals surface area contributed by atoms with Gasteiger partial charge in [-0.15, -0.1) is 0 Å². The molecule has 1 N–H and O–H groups in total. The molecule has 1 saturated heterocycles. The van der Waals surface area contributed by atoms with Crippen LogP contribution in [0.4, 0.5) is 10.1 Å². The van der Waals surface area contributed by atoms with Crippen molar-refractivity contribution in [3.05, 3.63) is 113 Å². The summed E-state index contributed by atoms with van der Waals surface area (Å²) < 4.78 is 14.0. The van der Waals surface area contributed by atoms with Crippen LogP contribution in [0.1, 0.15) is 58.8 Å². The first-order valence-electron chi connectivity index (χ1n) is 15.2. The number of aromatic nitrogens is 2. The van der Waals surface area contributed by atoms with E-state index in [0.29, 0.717) is 30.7 Å². The number of likely N-dealkylation sites (tertiary alicyclic amines) is 1. The van der Waals surface area contributed by atoms with Crippen molar-refractivity contribution in [1.82, 2.24) is 20.2 Å². The van der Waals surface area contributed by atoms with Gasteiger partial charge in [-0.1, -0.05) is 24.3 Å². The second kappa shape index (κ2) is 14.2. The molecular weight excluding hydrogens is 551 g/mol. The zero-order valence-electron chi connectivity index (χ0n) is 25.6. The Morgan fingerprint density at radius 3 is 2.36 bits per heavy atom. The minimum atomic E-state index is -0.234. The molecule has 2 heterocycles. The molecule has 0 bridgehead atoms. The molecule has 1 aliphatic rings. The Morgan fingerprint density at radius 2 is 1.73 bits per heavy atom. The summed E-state index contributed by atoms with van der Waals surface area (Å²) in [6, 6.07) is 21.3. The Labute approximate surface area is 259 Å². The fourth-order valence-electron chi connectivity index (χ4n) is 6.23. The Morgan fingerprint density at radius 1 is 1.05 bits per heavy atom. The Balaban J connectivity index is 1.16. The van der Waals surface area contributed by atoms with E-state index in [-0.39, 0.29) is 11.7 Å². The van der Waals surface area contributed by atoms with E-state index in [2.05, 4.69) is 38.1 Å². The van der Waals surface area contributed by atoms with Gasteiger partial charge >= 0.3 is 0 Å². The van der Waals surface area contributed by atoms with Crippen LogP contribution in [0.15, 0.2) is 79.4 Å². The van der Waals surface area contributed by atoms with Gasteiger partial charge in [0.15, 0.2) is 0 Å². The van der Waals surface area contributed by atoms with Gasteiger partial charge in [0.05, 0.1) is 11.6 Å². The van der Waals surface area contributed by atoms with E-state index in [1.807, 2.05) is 56.3 Å². The number of carbonyl (C=O) groups is 1. The molecule has 226 valence electrons. The van der Waals surface area contributed by atoms with E-state index in [1.165, 1.54) is 12.4 Å². The Bertz CT molecular complexity index is 1590. The molecule has 1 aromatic heterocycles. The lowest BCUT2D eigenvalue weighted by molar-refractivity contribution is 0.0944. The van der Waals surface area contributed by atoms with Crippen LogP contribution in [0.5, 0.6) is 0 Å². The highest BCUT2D eigenvalue weighted by Gasteiger charge is 2.27. The molecule has 1 unspecified atom stereocenters. The van der Waals surface area contributed by atoms with Crippen LogP contribution < -0.4 is 10.2 Å². The summed E-state index contributed by atoms with van der Waals surface area (Å²) >= 11 is 0. The highest BCUT2D eigenvalue weighted by Crippen LogP contribution is 2.28. The van der Waals surface area contributed by atoms with Crippen LogP contribution in [-0.2, 0) is 6.54 Å². The van der Waals surface area contributed by atoms with Gasteiger partial charge in [-0.2, -0.15) is 5.26 Å². The maximum absolute atomic E-state index is 14.0. The third-order valence-electron chi connectivity index (χ3n) is 8.63. The zero-order chi connectivity index (χ0) is 31.1. The monoisotopic (exact) mass is 590 g/mol. The Kier molecular flexibility index (Phi) is 9.98. The normalized spacial score (nSPS) is 14.5. The predicted octanol–water partition coefficient (Wildman–Crippen LogP) is 6.45. The van der Waals surface area contributed by atoms with Crippen LogP contribution in [-0.4, -0.2) is 52.5 Å². The number of nitrogens with one attached hydrogen (secondary N) is 1. The number of amides is 1. The summed E-state index contributed by atoms with van der Waals surface area (Å²) in [5.41, 5.74) is 7.11. The average Bonchev–Trinajstić information content (AvgIpc) is 3.04. The minimum absolute atomic E-state index is 0.0443. The molecule has 7 nitrogen and oxygen atoms in total. The molecule has 0 spiro atoms. The number of halogens is 1. The van der Waals surface area contributed by atoms with E-state index in [9.17, 15) is 14.4 Å². The molecule has 1 aliphatic heterocycles. The minimum Gasteiger partial charge on any atom is -0.364 e. The van der Waals surface area contributed by atoms with Crippen LogP contribution >= 0.6 is 0 Å². The maximum atomic E-state index is 14.0. The van der Waals surface area contributed by atoms with Gasteiger partial charge in [0, 0.05) is 67.5 Å². The maximum Gasteiger partial charge on any atom is 0.251 e. The molecule has 0 aliphatic carbocycles. The second-order valence-corrected chi connectivity index (χ2v) is 11.7. The molecule has 44 heavy (non-hydrogen) atoms. The average molecular weight is 591 g/mol. The molecule has 3 aromatic carbocycles. The van der Waals surface area contributed by atoms with Crippen LogP contribution in [0.2, 0.25) is 0 Å². The number of nitrogens with zero attached hydrogens (tertiary/aromatic N) is 5. The van der Waals surface area contributed by atoms with E-state index in [1.54, 1.807) is 24.5 Å². The molecule has 1 fully saturated rings. The van der Waals surface area contributed by atoms with Gasteiger partial charge in [0.1, 0.15) is 12.1 Å². The number of rotatable bonds is 10. The number of hydrogen-bond donors (Lipinski definition) is 1. The van der Waals surface area contributed by atoms with Gasteiger partial charge in [0.25, 0.3) is 5.91 Å². The van der Waals surface area contributed by atoms with Crippen molar-refractivity contribution in [1.29, 1.82) is 5.26 Å². The van der Waals surface area contributed by atoms with Crippen molar-refractivity contribution in [2.75, 3.05) is 24.5 Å². The van der Waals surface area contributed by atoms with Crippen molar-refractivity contribution in [3.63, 3.8) is 0 Å². The summed E-state index contributed by atoms with van der Waals surface area (Å²) in [7, 11) is 0. The third-order valence-corrected chi connectivity index (χ3v) is 8.63. The standard InChI is InChI=1S/C36H39FN6O/c1-25-17-30(31-21-39-24-40-22-31)18-26(2)35(25)36(44)41-14-11-27(3)42-15-12-34(13-16-42)43(23-29-5-4-6-32(37)19-29)33-9-7-28(20-38)8-10-33/h4-10,17-19,21-22,24,27,34H,11-16,23H2,1-3H3,(H,41,44). The third kappa shape index (κ3) is 7.47. The molecule has 1 atom stereocenters. The van der Waals surface area contributed by atoms with Gasteiger partial charge in [0.2, 0.25) is 0 Å². The number of anilines is 1. The Hall–Kier alpha value is -4.61. The number of piperidine rings is 1. The van der Waals surface area contributed by atoms with E-state index >= 15 is 0 Å². The topological polar surface area (TPSA) is 85.2 Å². The molecule has 0 saturated carbocycles. The predicted molar refractivity (Wildman–Crippen MR) is 172 cm³/mol. The summed E-state index contributed by atoms with van der Waals surface area (Å²) in [6.45, 7) is 9.26. The summed E-state index contributed by atoms with van der Waals surface area (Å²) in [5.74, 6) is -0.278. The SMILES string of the molecule is Cc1cc(-c2cncnc2)cc(C)c1C(=O)NCCC(C)N1CCC(N(Cc2cccc(F)c2)c2ccc(C#N)cc2)CC1. The summed E-state index contributed by atoms with van der Waals surface area (Å²) in [6.07, 6.45) is 7.87. The lowest BCUT2D eigenvalue weighted by Crippen LogP contribution is -2.48. The largest absolute Gasteiger partial charge is 0.364 e. The van der Waals surface area contributed by atoms with Gasteiger partial charge in [-0.25, -0.2) is 14.4 Å². The molecule has 1 amide bonds. The van der Waals surface area contributed by atoms with E-state index < -0.39 is 0 Å². The van der Waals surface area contributed by atoms with Crippen molar-refractivity contribution in [2.45, 2.75) is 58.7 Å². The van der Waals surface area contributed by atoms with Gasteiger partial charge in [-0.05, 0) is 98.7 Å². The number of benzene rings is 3. The first kappa shape index (κ1) is 30.8. The molecule has 0 radical (unpaired) electrons. The summed E-state index contributed by atoms with van der Waals surface area (Å²) in [4.78, 5) is 26.2. The highest BCUT2D eigenvalue weighted by molar-refractivity contribution is 5.97. The number of hydrogen-bond acceptors (Lipinski definition) is 6. The lowest BCUT2D eigenvalue weighted by Gasteiger charge is -2.42. The smallest absolute Gasteiger partial charge is 0.251 e. The van der Waals surface area contributed by atoms with Crippen molar-refractivity contribution < 1.29 is 9.18 Å². The number of carbonyl (C=O) groups excluding carboxylic acids is 1. The molecule has 4 aromatic rings. The molecule has 8 heteroatoms. The fraction of sp³-hybridized carbons (Fsp3) is 0.333. The zero-order valence-corrected chi connectivity index (χ0v) is 25.6. The van der Waals surface area contributed by atoms with Crippen LogP contribution in [0, 0.1) is 31.0 Å². The molecular formula is C36H39FN6O. The highest BCUT2D eigenvalue weighted by atomic mass is 19.1. The quantitative estimate of drug-likeness (QED) is 0.229. The number of nitriles is 1. The van der Waals surface area contributed by atoms with E-state index in [0.717, 1.165) is 71.4 Å². The lowest BCUT2D eigenvalue weighted by atomic mass is 9.96. The summed E-state index contributed by atoms with van der Waals surface area (Å²) in [5, 5.41) is 12.4. The first-order valence-corrected chi connectivity index (χ1v) is 15.2. The van der Waals surface area contributed by atoms with Gasteiger partial charge < -0.3 is 15.1 Å². The fourth-order valence-corrected chi connectivity index (χ4v) is 6.23. The van der Waals surface area contributed by atoms with Crippen LogP contribution in [0.25, 0.3) is 11.1 Å². The van der Waals surface area contributed by atoms with Crippen molar-refractivity contribution >= 4 is 11.6 Å². The van der Waals surface area contributed by atoms with Crippen molar-refractivity contribution in [2.24, 2.45) is 0 Å². The first-order chi connectivity index (χ1) is 21.3. The van der Waals surface area contributed by atoms with E-state index in [4.69, 9.17) is 0 Å².